The van der Waals surface area contributed by atoms with Crippen LogP contribution >= 0.6 is 47.2 Å². The molecule has 0 saturated carbocycles. The lowest BCUT2D eigenvalue weighted by molar-refractivity contribution is -0.123. The van der Waals surface area contributed by atoms with E-state index in [0.29, 0.717) is 33.5 Å². The number of thioether (sulfide) groups is 1. The van der Waals surface area contributed by atoms with Crippen LogP contribution in [0.3, 0.4) is 0 Å². The molecule has 0 radical (unpaired) electrons. The molecule has 0 unspecified atom stereocenters. The van der Waals surface area contributed by atoms with E-state index in [9.17, 15) is 14.4 Å². The van der Waals surface area contributed by atoms with Crippen molar-refractivity contribution in [2.45, 2.75) is 6.92 Å². The van der Waals surface area contributed by atoms with Gasteiger partial charge in [0.2, 0.25) is 0 Å². The Kier molecular flexibility index (Phi) is 9.54. The molecule has 0 atom stereocenters. The van der Waals surface area contributed by atoms with Crippen molar-refractivity contribution < 1.29 is 23.9 Å². The number of hydrogen-bond acceptors (Lipinski definition) is 7. The van der Waals surface area contributed by atoms with Crippen molar-refractivity contribution in [2.75, 3.05) is 24.4 Å². The number of thiocarbonyl (C=S) groups is 1. The molecule has 1 aliphatic heterocycles. The molecule has 206 valence electrons. The third kappa shape index (κ3) is 7.45. The van der Waals surface area contributed by atoms with Gasteiger partial charge in [-0.05, 0) is 78.8 Å². The Hall–Kier alpha value is -3.77. The third-order valence-electron chi connectivity index (χ3n) is 5.33. The number of carbonyl (C=O) groups is 3. The van der Waals surface area contributed by atoms with Crippen LogP contribution < -0.4 is 25.5 Å². The minimum absolute atomic E-state index is 0.145. The molecule has 13 heteroatoms. The summed E-state index contributed by atoms with van der Waals surface area (Å²) in [6.07, 6.45) is 1.61. The van der Waals surface area contributed by atoms with Gasteiger partial charge in [0.05, 0.1) is 22.1 Å². The highest BCUT2D eigenvalue weighted by molar-refractivity contribution is 8.26. The molecule has 40 heavy (non-hydrogen) atoms. The topological polar surface area (TPSA) is 109 Å². The number of benzene rings is 3. The van der Waals surface area contributed by atoms with Crippen LogP contribution in [0.4, 0.5) is 16.2 Å². The van der Waals surface area contributed by atoms with Crippen LogP contribution in [0.2, 0.25) is 10.0 Å². The van der Waals surface area contributed by atoms with Gasteiger partial charge in [-0.1, -0.05) is 53.2 Å². The zero-order chi connectivity index (χ0) is 28.8. The molecule has 4 rings (SSSR count). The fraction of sp³-hybridized carbons (Fsp3) is 0.111. The van der Waals surface area contributed by atoms with Crippen molar-refractivity contribution in [2.24, 2.45) is 0 Å². The highest BCUT2D eigenvalue weighted by Gasteiger charge is 2.33. The molecule has 4 amide bonds. The summed E-state index contributed by atoms with van der Waals surface area (Å²) in [6, 6.07) is 16.3. The molecule has 3 aromatic rings. The number of urea groups is 1. The summed E-state index contributed by atoms with van der Waals surface area (Å²) in [5.74, 6) is -0.110. The van der Waals surface area contributed by atoms with Gasteiger partial charge < -0.3 is 20.1 Å². The van der Waals surface area contributed by atoms with Crippen LogP contribution in [0.1, 0.15) is 11.1 Å². The second-order valence-corrected chi connectivity index (χ2v) is 10.8. The molecule has 3 aromatic carbocycles. The van der Waals surface area contributed by atoms with Gasteiger partial charge in [0.1, 0.15) is 0 Å². The second-order valence-electron chi connectivity index (χ2n) is 8.33. The first kappa shape index (κ1) is 29.2. The number of hydrazine groups is 1. The SMILES string of the molecule is COc1cc(/C=C2/SC(=S)N(NC(=O)Nc3ccc(Cl)c(Cl)c3)C2=O)ccc1OCC(=O)Nc1cccc(C)c1. The maximum Gasteiger partial charge on any atom is 0.338 e. The van der Waals surface area contributed by atoms with Crippen LogP contribution in [0, 0.1) is 6.92 Å². The average Bonchev–Trinajstić information content (AvgIpc) is 3.17. The van der Waals surface area contributed by atoms with Gasteiger partial charge in [-0.3, -0.25) is 9.59 Å². The molecule has 1 aliphatic rings. The zero-order valence-electron chi connectivity index (χ0n) is 21.1. The number of ether oxygens (including phenoxy) is 2. The molecule has 0 aliphatic carbocycles. The first-order valence-electron chi connectivity index (χ1n) is 11.6. The molecular weight excluding hydrogens is 595 g/mol. The van der Waals surface area contributed by atoms with Crippen LogP contribution in [0.15, 0.2) is 65.6 Å². The minimum atomic E-state index is -0.689. The maximum absolute atomic E-state index is 12.9. The number of methoxy groups -OCH3 is 1. The second kappa shape index (κ2) is 13.1. The molecule has 1 heterocycles. The van der Waals surface area contributed by atoms with Crippen LogP contribution in [-0.2, 0) is 9.59 Å². The van der Waals surface area contributed by atoms with E-state index in [-0.39, 0.29) is 26.8 Å². The fourth-order valence-electron chi connectivity index (χ4n) is 3.51. The van der Waals surface area contributed by atoms with Gasteiger partial charge in [0, 0.05) is 11.4 Å². The van der Waals surface area contributed by atoms with Crippen molar-refractivity contribution in [3.05, 3.63) is 86.7 Å². The Morgan fingerprint density at radius 2 is 1.77 bits per heavy atom. The number of amides is 4. The van der Waals surface area contributed by atoms with E-state index in [4.69, 9.17) is 44.9 Å². The van der Waals surface area contributed by atoms with Gasteiger partial charge in [-0.25, -0.2) is 10.2 Å². The summed E-state index contributed by atoms with van der Waals surface area (Å²) >= 11 is 18.2. The van der Waals surface area contributed by atoms with Gasteiger partial charge in [-0.15, -0.1) is 0 Å². The lowest BCUT2D eigenvalue weighted by Crippen LogP contribution is -2.46. The quantitative estimate of drug-likeness (QED) is 0.202. The molecule has 0 spiro atoms. The van der Waals surface area contributed by atoms with E-state index in [1.54, 1.807) is 36.4 Å². The molecule has 3 N–H and O–H groups in total. The van der Waals surface area contributed by atoms with E-state index in [1.807, 2.05) is 25.1 Å². The summed E-state index contributed by atoms with van der Waals surface area (Å²) in [5.41, 5.74) is 5.13. The largest absolute Gasteiger partial charge is 0.493 e. The molecule has 0 aromatic heterocycles. The number of anilines is 2. The van der Waals surface area contributed by atoms with Crippen LogP contribution in [0.25, 0.3) is 6.08 Å². The normalized spacial score (nSPS) is 13.8. The summed E-state index contributed by atoms with van der Waals surface area (Å²) < 4.78 is 11.2. The summed E-state index contributed by atoms with van der Waals surface area (Å²) in [7, 11) is 1.47. The minimum Gasteiger partial charge on any atom is -0.493 e. The number of hydrogen-bond donors (Lipinski definition) is 3. The van der Waals surface area contributed by atoms with Crippen molar-refractivity contribution in [3.8, 4) is 11.5 Å². The summed E-state index contributed by atoms with van der Waals surface area (Å²) in [5, 5.41) is 6.93. The molecular formula is C27H22Cl2N4O5S2. The van der Waals surface area contributed by atoms with Gasteiger partial charge in [0.25, 0.3) is 11.8 Å². The Morgan fingerprint density at radius 1 is 1.00 bits per heavy atom. The first-order chi connectivity index (χ1) is 19.1. The standard InChI is InChI=1S/C27H22Cl2N4O5S2/c1-15-4-3-5-17(10-15)30-24(34)14-38-21-9-6-16(11-22(21)37-2)12-23-25(35)33(27(39)40-23)32-26(36)31-18-7-8-19(28)20(29)13-18/h3-13H,14H2,1-2H3,(H,30,34)(H2,31,32,36)/b23-12+. The Bertz CT molecular complexity index is 1530. The molecule has 1 saturated heterocycles. The third-order valence-corrected chi connectivity index (χ3v) is 7.37. The van der Waals surface area contributed by atoms with Crippen molar-refractivity contribution >= 4 is 86.8 Å². The number of carbonyl (C=O) groups excluding carboxylic acids is 3. The van der Waals surface area contributed by atoms with E-state index in [0.717, 1.165) is 22.3 Å². The summed E-state index contributed by atoms with van der Waals surface area (Å²) in [4.78, 5) is 38.0. The maximum atomic E-state index is 12.9. The fourth-order valence-corrected chi connectivity index (χ4v) is 4.98. The number of halogens is 2. The lowest BCUT2D eigenvalue weighted by atomic mass is 10.2. The summed E-state index contributed by atoms with van der Waals surface area (Å²) in [6.45, 7) is 1.71. The molecule has 0 bridgehead atoms. The van der Waals surface area contributed by atoms with Gasteiger partial charge in [0.15, 0.2) is 22.4 Å². The lowest BCUT2D eigenvalue weighted by Gasteiger charge is -2.16. The molecule has 9 nitrogen and oxygen atoms in total. The number of nitrogens with one attached hydrogen (secondary N) is 3. The number of nitrogens with zero attached hydrogens (tertiary/aromatic N) is 1. The predicted octanol–water partition coefficient (Wildman–Crippen LogP) is 6.27. The van der Waals surface area contributed by atoms with E-state index >= 15 is 0 Å². The van der Waals surface area contributed by atoms with E-state index in [2.05, 4.69) is 16.1 Å². The highest BCUT2D eigenvalue weighted by atomic mass is 35.5. The van der Waals surface area contributed by atoms with Crippen molar-refractivity contribution in [1.82, 2.24) is 10.4 Å². The first-order valence-corrected chi connectivity index (χ1v) is 13.6. The predicted molar refractivity (Wildman–Crippen MR) is 162 cm³/mol. The van der Waals surface area contributed by atoms with E-state index in [1.165, 1.54) is 19.2 Å². The van der Waals surface area contributed by atoms with Gasteiger partial charge in [-0.2, -0.15) is 5.01 Å². The highest BCUT2D eigenvalue weighted by Crippen LogP contribution is 2.34. The van der Waals surface area contributed by atoms with E-state index < -0.39 is 11.9 Å². The van der Waals surface area contributed by atoms with Crippen LogP contribution in [-0.4, -0.2) is 40.9 Å². The van der Waals surface area contributed by atoms with Gasteiger partial charge >= 0.3 is 6.03 Å². The molecule has 1 fully saturated rings. The van der Waals surface area contributed by atoms with Crippen molar-refractivity contribution in [1.29, 1.82) is 0 Å². The Labute approximate surface area is 249 Å². The Morgan fingerprint density at radius 3 is 2.50 bits per heavy atom. The smallest absolute Gasteiger partial charge is 0.338 e. The monoisotopic (exact) mass is 616 g/mol. The Balaban J connectivity index is 1.38. The average molecular weight is 618 g/mol. The van der Waals surface area contributed by atoms with Crippen molar-refractivity contribution in [3.63, 3.8) is 0 Å². The van der Waals surface area contributed by atoms with Crippen LogP contribution in [0.5, 0.6) is 11.5 Å². The number of rotatable bonds is 8. The number of aryl methyl sites for hydroxylation is 1. The zero-order valence-corrected chi connectivity index (χ0v) is 24.3.